The van der Waals surface area contributed by atoms with Crippen molar-refractivity contribution in [1.82, 2.24) is 5.32 Å². The van der Waals surface area contributed by atoms with Gasteiger partial charge in [0, 0.05) is 6.54 Å². The van der Waals surface area contributed by atoms with Crippen molar-refractivity contribution >= 4 is 0 Å². The Hall–Kier alpha value is -1.06. The van der Waals surface area contributed by atoms with Crippen molar-refractivity contribution in [1.29, 1.82) is 0 Å². The van der Waals surface area contributed by atoms with Crippen LogP contribution in [0.5, 0.6) is 5.75 Å². The second-order valence-corrected chi connectivity index (χ2v) is 3.08. The molecule has 0 saturated heterocycles. The Morgan fingerprint density at radius 1 is 1.43 bits per heavy atom. The molecule has 2 N–H and O–H groups in total. The number of benzene rings is 1. The molecule has 3 nitrogen and oxygen atoms in total. The minimum atomic E-state index is 0.00743. The lowest BCUT2D eigenvalue weighted by molar-refractivity contribution is 0.259. The van der Waals surface area contributed by atoms with E-state index in [1.54, 1.807) is 7.11 Å². The Morgan fingerprint density at radius 2 is 2.21 bits per heavy atom. The van der Waals surface area contributed by atoms with Gasteiger partial charge in [-0.2, -0.15) is 0 Å². The third kappa shape index (κ3) is 2.72. The SMILES string of the molecule is CCc1cc(CNCO)ccc1OC. The van der Waals surface area contributed by atoms with Crippen molar-refractivity contribution in [3.8, 4) is 5.75 Å². The zero-order valence-electron chi connectivity index (χ0n) is 8.71. The minimum Gasteiger partial charge on any atom is -0.496 e. The normalized spacial score (nSPS) is 10.2. The van der Waals surface area contributed by atoms with Crippen LogP contribution in [0.3, 0.4) is 0 Å². The van der Waals surface area contributed by atoms with Crippen LogP contribution in [0.2, 0.25) is 0 Å². The summed E-state index contributed by atoms with van der Waals surface area (Å²) >= 11 is 0. The first kappa shape index (κ1) is 11.0. The number of ether oxygens (including phenoxy) is 1. The Kier molecular flexibility index (Phi) is 4.43. The molecule has 0 aliphatic rings. The fourth-order valence-corrected chi connectivity index (χ4v) is 1.42. The quantitative estimate of drug-likeness (QED) is 0.696. The van der Waals surface area contributed by atoms with Crippen molar-refractivity contribution in [3.05, 3.63) is 29.3 Å². The lowest BCUT2D eigenvalue weighted by Crippen LogP contribution is -2.13. The van der Waals surface area contributed by atoms with E-state index in [0.29, 0.717) is 6.54 Å². The van der Waals surface area contributed by atoms with E-state index in [0.717, 1.165) is 17.7 Å². The highest BCUT2D eigenvalue weighted by Gasteiger charge is 2.01. The molecule has 0 saturated carbocycles. The second-order valence-electron chi connectivity index (χ2n) is 3.08. The standard InChI is InChI=1S/C11H17NO2/c1-3-10-6-9(7-12-8-13)4-5-11(10)14-2/h4-6,12-13H,3,7-8H2,1-2H3. The number of aryl methyl sites for hydroxylation is 1. The molecule has 0 atom stereocenters. The van der Waals surface area contributed by atoms with E-state index in [1.165, 1.54) is 5.56 Å². The summed E-state index contributed by atoms with van der Waals surface area (Å²) in [6, 6.07) is 6.06. The molecule has 14 heavy (non-hydrogen) atoms. The Morgan fingerprint density at radius 3 is 2.79 bits per heavy atom. The summed E-state index contributed by atoms with van der Waals surface area (Å²) < 4.78 is 5.23. The van der Waals surface area contributed by atoms with Crippen LogP contribution in [0.1, 0.15) is 18.1 Å². The van der Waals surface area contributed by atoms with E-state index >= 15 is 0 Å². The van der Waals surface area contributed by atoms with Crippen molar-refractivity contribution in [3.63, 3.8) is 0 Å². The fourth-order valence-electron chi connectivity index (χ4n) is 1.42. The van der Waals surface area contributed by atoms with Gasteiger partial charge in [0.1, 0.15) is 5.75 Å². The van der Waals surface area contributed by atoms with Gasteiger partial charge in [0.25, 0.3) is 0 Å². The summed E-state index contributed by atoms with van der Waals surface area (Å²) in [6.45, 7) is 2.79. The Labute approximate surface area is 84.7 Å². The largest absolute Gasteiger partial charge is 0.496 e. The summed E-state index contributed by atoms with van der Waals surface area (Å²) in [7, 11) is 1.68. The zero-order chi connectivity index (χ0) is 10.4. The van der Waals surface area contributed by atoms with Gasteiger partial charge in [-0.05, 0) is 23.6 Å². The molecular formula is C11H17NO2. The van der Waals surface area contributed by atoms with Gasteiger partial charge in [0.2, 0.25) is 0 Å². The minimum absolute atomic E-state index is 0.00743. The fraction of sp³-hybridized carbons (Fsp3) is 0.455. The molecule has 0 radical (unpaired) electrons. The monoisotopic (exact) mass is 195 g/mol. The number of aliphatic hydroxyl groups is 1. The van der Waals surface area contributed by atoms with Crippen LogP contribution in [0.4, 0.5) is 0 Å². The van der Waals surface area contributed by atoms with Crippen LogP contribution >= 0.6 is 0 Å². The molecule has 1 aromatic rings. The molecule has 1 rings (SSSR count). The van der Waals surface area contributed by atoms with Gasteiger partial charge in [0.15, 0.2) is 0 Å². The van der Waals surface area contributed by atoms with E-state index in [1.807, 2.05) is 12.1 Å². The number of nitrogens with one attached hydrogen (secondary N) is 1. The number of rotatable bonds is 5. The highest BCUT2D eigenvalue weighted by atomic mass is 16.5. The molecule has 0 aromatic heterocycles. The van der Waals surface area contributed by atoms with Crippen molar-refractivity contribution in [2.75, 3.05) is 13.8 Å². The first-order valence-electron chi connectivity index (χ1n) is 4.79. The van der Waals surface area contributed by atoms with Gasteiger partial charge in [-0.3, -0.25) is 5.32 Å². The topological polar surface area (TPSA) is 41.5 Å². The van der Waals surface area contributed by atoms with Gasteiger partial charge in [-0.25, -0.2) is 0 Å². The average Bonchev–Trinajstić information content (AvgIpc) is 2.25. The van der Waals surface area contributed by atoms with Gasteiger partial charge in [0.05, 0.1) is 13.8 Å². The van der Waals surface area contributed by atoms with Gasteiger partial charge in [-0.15, -0.1) is 0 Å². The van der Waals surface area contributed by atoms with E-state index in [4.69, 9.17) is 9.84 Å². The zero-order valence-corrected chi connectivity index (χ0v) is 8.71. The molecule has 0 aliphatic carbocycles. The van der Waals surface area contributed by atoms with E-state index in [2.05, 4.69) is 18.3 Å². The third-order valence-corrected chi connectivity index (χ3v) is 2.17. The summed E-state index contributed by atoms with van der Waals surface area (Å²) in [5, 5.41) is 11.5. The maximum Gasteiger partial charge on any atom is 0.122 e. The first-order chi connectivity index (χ1) is 6.81. The molecule has 0 unspecified atom stereocenters. The molecule has 1 aromatic carbocycles. The lowest BCUT2D eigenvalue weighted by Gasteiger charge is -2.09. The smallest absolute Gasteiger partial charge is 0.122 e. The summed E-state index contributed by atoms with van der Waals surface area (Å²) in [6.07, 6.45) is 0.955. The van der Waals surface area contributed by atoms with Crippen LogP contribution in [-0.4, -0.2) is 18.9 Å². The molecular weight excluding hydrogens is 178 g/mol. The maximum absolute atomic E-state index is 8.62. The van der Waals surface area contributed by atoms with Gasteiger partial charge in [-0.1, -0.05) is 19.1 Å². The molecule has 0 heterocycles. The molecule has 0 aliphatic heterocycles. The predicted molar refractivity (Wildman–Crippen MR) is 56.3 cm³/mol. The van der Waals surface area contributed by atoms with Gasteiger partial charge < -0.3 is 9.84 Å². The molecule has 78 valence electrons. The van der Waals surface area contributed by atoms with Crippen LogP contribution < -0.4 is 10.1 Å². The number of hydrogen-bond donors (Lipinski definition) is 2. The lowest BCUT2D eigenvalue weighted by atomic mass is 10.1. The number of hydrogen-bond acceptors (Lipinski definition) is 3. The highest BCUT2D eigenvalue weighted by Crippen LogP contribution is 2.20. The Bertz CT molecular complexity index is 287. The van der Waals surface area contributed by atoms with Crippen LogP contribution in [-0.2, 0) is 13.0 Å². The van der Waals surface area contributed by atoms with Crippen LogP contribution in [0.25, 0.3) is 0 Å². The van der Waals surface area contributed by atoms with Crippen molar-refractivity contribution < 1.29 is 9.84 Å². The van der Waals surface area contributed by atoms with Crippen molar-refractivity contribution in [2.45, 2.75) is 19.9 Å². The Balaban J connectivity index is 2.79. The summed E-state index contributed by atoms with van der Waals surface area (Å²) in [4.78, 5) is 0. The molecule has 0 amide bonds. The second kappa shape index (κ2) is 5.62. The van der Waals surface area contributed by atoms with E-state index < -0.39 is 0 Å². The highest BCUT2D eigenvalue weighted by molar-refractivity contribution is 5.37. The van der Waals surface area contributed by atoms with Crippen molar-refractivity contribution in [2.24, 2.45) is 0 Å². The summed E-state index contributed by atoms with van der Waals surface area (Å²) in [5.74, 6) is 0.931. The van der Waals surface area contributed by atoms with E-state index in [-0.39, 0.29) is 6.73 Å². The molecule has 0 fully saturated rings. The molecule has 3 heteroatoms. The van der Waals surface area contributed by atoms with Crippen LogP contribution in [0.15, 0.2) is 18.2 Å². The molecule has 0 spiro atoms. The maximum atomic E-state index is 8.62. The third-order valence-electron chi connectivity index (χ3n) is 2.17. The van der Waals surface area contributed by atoms with Gasteiger partial charge >= 0.3 is 0 Å². The molecule has 0 bridgehead atoms. The van der Waals surface area contributed by atoms with Crippen LogP contribution in [0, 0.1) is 0 Å². The average molecular weight is 195 g/mol. The van der Waals surface area contributed by atoms with E-state index in [9.17, 15) is 0 Å². The number of methoxy groups -OCH3 is 1. The first-order valence-corrected chi connectivity index (χ1v) is 4.79. The summed E-state index contributed by atoms with van der Waals surface area (Å²) in [5.41, 5.74) is 2.36. The number of aliphatic hydroxyl groups excluding tert-OH is 1. The predicted octanol–water partition coefficient (Wildman–Crippen LogP) is 1.30.